The van der Waals surface area contributed by atoms with Crippen molar-refractivity contribution in [2.45, 2.75) is 57.5 Å². The van der Waals surface area contributed by atoms with E-state index in [-0.39, 0.29) is 0 Å². The van der Waals surface area contributed by atoms with Gasteiger partial charge in [-0.3, -0.25) is 0 Å². The quantitative estimate of drug-likeness (QED) is 0.922. The first kappa shape index (κ1) is 12.4. The zero-order valence-corrected chi connectivity index (χ0v) is 12.2. The summed E-state index contributed by atoms with van der Waals surface area (Å²) in [6.45, 7) is 2.99. The molecule has 0 bridgehead atoms. The molecule has 3 heteroatoms. The molecule has 2 unspecified atom stereocenters. The summed E-state index contributed by atoms with van der Waals surface area (Å²) in [7, 11) is 0. The summed E-state index contributed by atoms with van der Waals surface area (Å²) in [5.74, 6) is 2.78. The van der Waals surface area contributed by atoms with Crippen LogP contribution in [0, 0.1) is 5.92 Å². The number of imidazole rings is 1. The number of benzene rings is 1. The summed E-state index contributed by atoms with van der Waals surface area (Å²) in [4.78, 5) is 5.02. The molecule has 2 fully saturated rings. The van der Waals surface area contributed by atoms with E-state index in [1.807, 2.05) is 0 Å². The van der Waals surface area contributed by atoms with Crippen molar-refractivity contribution in [3.8, 4) is 0 Å². The summed E-state index contributed by atoms with van der Waals surface area (Å²) >= 11 is 0. The van der Waals surface area contributed by atoms with E-state index in [1.165, 1.54) is 49.0 Å². The van der Waals surface area contributed by atoms with E-state index in [0.717, 1.165) is 11.4 Å². The second-order valence-corrected chi connectivity index (χ2v) is 6.61. The van der Waals surface area contributed by atoms with Crippen LogP contribution in [0.3, 0.4) is 0 Å². The van der Waals surface area contributed by atoms with Crippen LogP contribution >= 0.6 is 0 Å². The minimum absolute atomic E-state index is 0.599. The number of hydrogen-bond acceptors (Lipinski definition) is 2. The first-order valence-corrected chi connectivity index (χ1v) is 7.98. The topological polar surface area (TPSA) is 43.8 Å². The molecule has 2 N–H and O–H groups in total. The first-order valence-electron chi connectivity index (χ1n) is 7.98. The molecule has 0 amide bonds. The summed E-state index contributed by atoms with van der Waals surface area (Å²) in [6, 6.07) is 7.26. The number of rotatable bonds is 3. The normalized spacial score (nSPS) is 26.5. The lowest BCUT2D eigenvalue weighted by Gasteiger charge is -2.17. The zero-order chi connectivity index (χ0) is 13.7. The van der Waals surface area contributed by atoms with Crippen LogP contribution in [-0.4, -0.2) is 9.55 Å². The number of hydrogen-bond donors (Lipinski definition) is 1. The Hall–Kier alpha value is -1.35. The van der Waals surface area contributed by atoms with Crippen molar-refractivity contribution < 1.29 is 0 Å². The van der Waals surface area contributed by atoms with Gasteiger partial charge in [0, 0.05) is 18.5 Å². The maximum Gasteiger partial charge on any atom is 0.113 e. The lowest BCUT2D eigenvalue weighted by atomic mass is 9.97. The molecule has 2 aliphatic rings. The Morgan fingerprint density at radius 3 is 2.75 bits per heavy atom. The molecular formula is C17H23N3. The van der Waals surface area contributed by atoms with E-state index < -0.39 is 0 Å². The standard InChI is InChI=1S/C17H23N3/c1-11-3-2-4-14(11)17-19-15-9-12(10-18)5-8-16(15)20(17)13-6-7-13/h5,8-9,11,13-14H,2-4,6-7,10,18H2,1H3. The monoisotopic (exact) mass is 269 g/mol. The lowest BCUT2D eigenvalue weighted by molar-refractivity contribution is 0.488. The van der Waals surface area contributed by atoms with Crippen LogP contribution in [-0.2, 0) is 6.54 Å². The van der Waals surface area contributed by atoms with Crippen LogP contribution < -0.4 is 5.73 Å². The molecule has 2 saturated carbocycles. The Balaban J connectivity index is 1.88. The van der Waals surface area contributed by atoms with Crippen molar-refractivity contribution >= 4 is 11.0 Å². The molecule has 1 aromatic carbocycles. The van der Waals surface area contributed by atoms with Crippen molar-refractivity contribution in [2.75, 3.05) is 0 Å². The third kappa shape index (κ3) is 1.87. The van der Waals surface area contributed by atoms with Crippen molar-refractivity contribution in [2.24, 2.45) is 11.7 Å². The van der Waals surface area contributed by atoms with Crippen LogP contribution in [0.5, 0.6) is 0 Å². The third-order valence-corrected chi connectivity index (χ3v) is 5.12. The van der Waals surface area contributed by atoms with Gasteiger partial charge in [0.25, 0.3) is 0 Å². The van der Waals surface area contributed by atoms with Gasteiger partial charge in [-0.2, -0.15) is 0 Å². The average Bonchev–Trinajstić information content (AvgIpc) is 3.10. The van der Waals surface area contributed by atoms with Crippen LogP contribution in [0.4, 0.5) is 0 Å². The van der Waals surface area contributed by atoms with E-state index in [9.17, 15) is 0 Å². The van der Waals surface area contributed by atoms with Gasteiger partial charge in [-0.05, 0) is 49.3 Å². The minimum atomic E-state index is 0.599. The Kier molecular flexibility index (Phi) is 2.84. The van der Waals surface area contributed by atoms with Gasteiger partial charge in [-0.25, -0.2) is 4.98 Å². The molecule has 1 aromatic heterocycles. The number of nitrogens with zero attached hydrogens (tertiary/aromatic N) is 2. The second kappa shape index (κ2) is 4.59. The number of fused-ring (bicyclic) bond motifs is 1. The summed E-state index contributed by atoms with van der Waals surface area (Å²) in [5.41, 5.74) is 9.42. The van der Waals surface area contributed by atoms with Crippen molar-refractivity contribution in [1.29, 1.82) is 0 Å². The van der Waals surface area contributed by atoms with Gasteiger partial charge in [-0.15, -0.1) is 0 Å². The van der Waals surface area contributed by atoms with Crippen LogP contribution in [0.15, 0.2) is 18.2 Å². The second-order valence-electron chi connectivity index (χ2n) is 6.61. The molecule has 20 heavy (non-hydrogen) atoms. The van der Waals surface area contributed by atoms with E-state index in [2.05, 4.69) is 29.7 Å². The predicted octanol–water partition coefficient (Wildman–Crippen LogP) is 3.73. The van der Waals surface area contributed by atoms with Crippen LogP contribution in [0.2, 0.25) is 0 Å². The molecular weight excluding hydrogens is 246 g/mol. The van der Waals surface area contributed by atoms with Crippen LogP contribution in [0.25, 0.3) is 11.0 Å². The molecule has 106 valence electrons. The van der Waals surface area contributed by atoms with Gasteiger partial charge in [0.15, 0.2) is 0 Å². The SMILES string of the molecule is CC1CCCC1c1nc2cc(CN)ccc2n1C1CC1. The fraction of sp³-hybridized carbons (Fsp3) is 0.588. The molecule has 2 aromatic rings. The molecule has 3 nitrogen and oxygen atoms in total. The Labute approximate surface area is 120 Å². The summed E-state index contributed by atoms with van der Waals surface area (Å²) < 4.78 is 2.54. The highest BCUT2D eigenvalue weighted by atomic mass is 15.1. The average molecular weight is 269 g/mol. The zero-order valence-electron chi connectivity index (χ0n) is 12.2. The van der Waals surface area contributed by atoms with Gasteiger partial charge in [0.05, 0.1) is 11.0 Å². The van der Waals surface area contributed by atoms with Gasteiger partial charge in [-0.1, -0.05) is 19.4 Å². The minimum Gasteiger partial charge on any atom is -0.326 e. The van der Waals surface area contributed by atoms with E-state index in [1.54, 1.807) is 0 Å². The van der Waals surface area contributed by atoms with Crippen molar-refractivity contribution in [3.63, 3.8) is 0 Å². The number of nitrogens with two attached hydrogens (primary N) is 1. The fourth-order valence-electron chi connectivity index (χ4n) is 3.80. The van der Waals surface area contributed by atoms with Crippen LogP contribution in [0.1, 0.15) is 62.4 Å². The van der Waals surface area contributed by atoms with Gasteiger partial charge in [0.1, 0.15) is 5.82 Å². The molecule has 2 aliphatic carbocycles. The summed E-state index contributed by atoms with van der Waals surface area (Å²) in [6.07, 6.45) is 6.65. The van der Waals surface area contributed by atoms with E-state index >= 15 is 0 Å². The molecule has 0 saturated heterocycles. The van der Waals surface area contributed by atoms with Crippen molar-refractivity contribution in [3.05, 3.63) is 29.6 Å². The van der Waals surface area contributed by atoms with E-state index in [0.29, 0.717) is 18.5 Å². The smallest absolute Gasteiger partial charge is 0.113 e. The molecule has 0 aliphatic heterocycles. The third-order valence-electron chi connectivity index (χ3n) is 5.12. The van der Waals surface area contributed by atoms with Gasteiger partial charge < -0.3 is 10.3 Å². The van der Waals surface area contributed by atoms with E-state index in [4.69, 9.17) is 10.7 Å². The largest absolute Gasteiger partial charge is 0.326 e. The first-order chi connectivity index (χ1) is 9.78. The Bertz CT molecular complexity index is 639. The Morgan fingerprint density at radius 2 is 2.10 bits per heavy atom. The lowest BCUT2D eigenvalue weighted by Crippen LogP contribution is -2.10. The maximum atomic E-state index is 5.77. The molecule has 1 heterocycles. The summed E-state index contributed by atoms with van der Waals surface area (Å²) in [5, 5.41) is 0. The maximum absolute atomic E-state index is 5.77. The highest BCUT2D eigenvalue weighted by Gasteiger charge is 2.34. The molecule has 0 radical (unpaired) electrons. The fourth-order valence-corrected chi connectivity index (χ4v) is 3.80. The van der Waals surface area contributed by atoms with Gasteiger partial charge >= 0.3 is 0 Å². The molecule has 4 rings (SSSR count). The molecule has 0 spiro atoms. The molecule has 2 atom stereocenters. The Morgan fingerprint density at radius 1 is 1.25 bits per heavy atom. The highest BCUT2D eigenvalue weighted by molar-refractivity contribution is 5.77. The van der Waals surface area contributed by atoms with Gasteiger partial charge in [0.2, 0.25) is 0 Å². The number of aromatic nitrogens is 2. The highest BCUT2D eigenvalue weighted by Crippen LogP contribution is 2.45. The van der Waals surface area contributed by atoms with Crippen molar-refractivity contribution in [1.82, 2.24) is 9.55 Å². The predicted molar refractivity (Wildman–Crippen MR) is 81.7 cm³/mol.